The van der Waals surface area contributed by atoms with Crippen LogP contribution in [0.2, 0.25) is 5.02 Å². The number of hydrogen-bond donors (Lipinski definition) is 0. The zero-order valence-corrected chi connectivity index (χ0v) is 10.8. The fourth-order valence-corrected chi connectivity index (χ4v) is 3.05. The van der Waals surface area contributed by atoms with Gasteiger partial charge in [-0.15, -0.1) is 0 Å². The van der Waals surface area contributed by atoms with Crippen LogP contribution < -0.4 is 0 Å². The minimum absolute atomic E-state index is 0.875. The second-order valence-electron chi connectivity index (χ2n) is 5.13. The third-order valence-corrected chi connectivity index (χ3v) is 4.19. The minimum Gasteiger partial charge on any atom is -0.0843 e. The average Bonchev–Trinajstić information content (AvgIpc) is 2.30. The van der Waals surface area contributed by atoms with Crippen molar-refractivity contribution in [3.63, 3.8) is 0 Å². The molecule has 0 unspecified atom stereocenters. The highest BCUT2D eigenvalue weighted by atomic mass is 35.5. The molecule has 0 saturated heterocycles. The summed E-state index contributed by atoms with van der Waals surface area (Å²) in [6.07, 6.45) is 8.26. The molecule has 0 nitrogen and oxygen atoms in total. The molecule has 0 amide bonds. The summed E-state index contributed by atoms with van der Waals surface area (Å²) < 4.78 is 0. The lowest BCUT2D eigenvalue weighted by molar-refractivity contribution is 0.268. The summed E-state index contributed by atoms with van der Waals surface area (Å²) in [5.74, 6) is 1.89. The zero-order valence-electron chi connectivity index (χ0n) is 10.1. The molecule has 1 saturated carbocycles. The Kier molecular flexibility index (Phi) is 4.29. The Morgan fingerprint density at radius 3 is 2.44 bits per heavy atom. The standard InChI is InChI=1S/C15H21Cl/c1-2-12-6-8-13(9-7-12)10-14-4-3-5-15(16)11-14/h3-5,11-13H,2,6-10H2,1H3. The summed E-state index contributed by atoms with van der Waals surface area (Å²) in [6, 6.07) is 8.35. The third kappa shape index (κ3) is 3.25. The van der Waals surface area contributed by atoms with E-state index in [-0.39, 0.29) is 0 Å². The number of benzene rings is 1. The Morgan fingerprint density at radius 1 is 1.12 bits per heavy atom. The van der Waals surface area contributed by atoms with Gasteiger partial charge in [0.2, 0.25) is 0 Å². The first-order valence-electron chi connectivity index (χ1n) is 6.52. The summed E-state index contributed by atoms with van der Waals surface area (Å²) in [5.41, 5.74) is 1.41. The highest BCUT2D eigenvalue weighted by Gasteiger charge is 2.19. The Balaban J connectivity index is 1.87. The molecule has 1 fully saturated rings. The van der Waals surface area contributed by atoms with Gasteiger partial charge in [0, 0.05) is 5.02 Å². The molecule has 0 heterocycles. The molecule has 0 radical (unpaired) electrons. The highest BCUT2D eigenvalue weighted by Crippen LogP contribution is 2.32. The van der Waals surface area contributed by atoms with E-state index in [1.807, 2.05) is 6.07 Å². The predicted molar refractivity (Wildman–Crippen MR) is 70.9 cm³/mol. The van der Waals surface area contributed by atoms with Crippen molar-refractivity contribution in [1.29, 1.82) is 0 Å². The zero-order chi connectivity index (χ0) is 11.4. The predicted octanol–water partition coefficient (Wildman–Crippen LogP) is 5.10. The van der Waals surface area contributed by atoms with Crippen LogP contribution in [-0.4, -0.2) is 0 Å². The average molecular weight is 237 g/mol. The second-order valence-corrected chi connectivity index (χ2v) is 5.57. The lowest BCUT2D eigenvalue weighted by Crippen LogP contribution is -2.15. The monoisotopic (exact) mass is 236 g/mol. The second kappa shape index (κ2) is 5.72. The van der Waals surface area contributed by atoms with Crippen LogP contribution in [0.15, 0.2) is 24.3 Å². The fourth-order valence-electron chi connectivity index (χ4n) is 2.84. The number of rotatable bonds is 3. The molecular formula is C15H21Cl. The van der Waals surface area contributed by atoms with Crippen LogP contribution in [0.25, 0.3) is 0 Å². The van der Waals surface area contributed by atoms with Gasteiger partial charge in [-0.2, -0.15) is 0 Å². The van der Waals surface area contributed by atoms with Crippen molar-refractivity contribution in [2.75, 3.05) is 0 Å². The number of hydrogen-bond acceptors (Lipinski definition) is 0. The largest absolute Gasteiger partial charge is 0.0843 e. The number of halogens is 1. The smallest absolute Gasteiger partial charge is 0.0408 e. The van der Waals surface area contributed by atoms with Gasteiger partial charge in [0.1, 0.15) is 0 Å². The quantitative estimate of drug-likeness (QED) is 0.685. The van der Waals surface area contributed by atoms with Gasteiger partial charge in [-0.05, 0) is 48.8 Å². The van der Waals surface area contributed by atoms with Crippen molar-refractivity contribution >= 4 is 11.6 Å². The van der Waals surface area contributed by atoms with E-state index in [0.29, 0.717) is 0 Å². The van der Waals surface area contributed by atoms with E-state index >= 15 is 0 Å². The first kappa shape index (κ1) is 12.0. The minimum atomic E-state index is 0.875. The van der Waals surface area contributed by atoms with E-state index in [1.165, 1.54) is 44.1 Å². The molecule has 1 heteroatoms. The van der Waals surface area contributed by atoms with Gasteiger partial charge in [0.25, 0.3) is 0 Å². The van der Waals surface area contributed by atoms with Crippen LogP contribution in [0.4, 0.5) is 0 Å². The molecule has 0 aromatic heterocycles. The van der Waals surface area contributed by atoms with Gasteiger partial charge in [-0.25, -0.2) is 0 Å². The van der Waals surface area contributed by atoms with E-state index in [4.69, 9.17) is 11.6 Å². The lowest BCUT2D eigenvalue weighted by Gasteiger charge is -2.27. The maximum atomic E-state index is 6.01. The molecule has 0 aliphatic heterocycles. The molecule has 88 valence electrons. The molecule has 0 bridgehead atoms. The van der Waals surface area contributed by atoms with E-state index in [0.717, 1.165) is 16.9 Å². The Labute approximate surface area is 104 Å². The molecule has 0 N–H and O–H groups in total. The van der Waals surface area contributed by atoms with E-state index in [2.05, 4.69) is 25.1 Å². The molecule has 0 spiro atoms. The van der Waals surface area contributed by atoms with Crippen LogP contribution in [-0.2, 0) is 6.42 Å². The Hall–Kier alpha value is -0.490. The Bertz CT molecular complexity index is 324. The maximum absolute atomic E-state index is 6.01. The third-order valence-electron chi connectivity index (χ3n) is 3.96. The highest BCUT2D eigenvalue weighted by molar-refractivity contribution is 6.30. The van der Waals surface area contributed by atoms with E-state index in [9.17, 15) is 0 Å². The van der Waals surface area contributed by atoms with Crippen molar-refractivity contribution in [1.82, 2.24) is 0 Å². The van der Waals surface area contributed by atoms with Gasteiger partial charge in [-0.1, -0.05) is 49.9 Å². The summed E-state index contributed by atoms with van der Waals surface area (Å²) in [7, 11) is 0. The lowest BCUT2D eigenvalue weighted by atomic mass is 9.78. The summed E-state index contributed by atoms with van der Waals surface area (Å²) in [5, 5.41) is 0.875. The topological polar surface area (TPSA) is 0 Å². The first-order valence-corrected chi connectivity index (χ1v) is 6.90. The fraction of sp³-hybridized carbons (Fsp3) is 0.600. The maximum Gasteiger partial charge on any atom is 0.0408 e. The summed E-state index contributed by atoms with van der Waals surface area (Å²) >= 11 is 6.01. The van der Waals surface area contributed by atoms with Crippen molar-refractivity contribution in [2.45, 2.75) is 45.4 Å². The van der Waals surface area contributed by atoms with Crippen molar-refractivity contribution in [3.8, 4) is 0 Å². The summed E-state index contributed by atoms with van der Waals surface area (Å²) in [6.45, 7) is 2.32. The van der Waals surface area contributed by atoms with Gasteiger partial charge >= 0.3 is 0 Å². The molecule has 2 rings (SSSR count). The van der Waals surface area contributed by atoms with Crippen LogP contribution in [0.5, 0.6) is 0 Å². The molecule has 1 aromatic rings. The van der Waals surface area contributed by atoms with Crippen LogP contribution in [0, 0.1) is 11.8 Å². The molecular weight excluding hydrogens is 216 g/mol. The normalized spacial score (nSPS) is 25.6. The van der Waals surface area contributed by atoms with Crippen molar-refractivity contribution in [3.05, 3.63) is 34.9 Å². The van der Waals surface area contributed by atoms with Crippen molar-refractivity contribution < 1.29 is 0 Å². The van der Waals surface area contributed by atoms with Gasteiger partial charge in [0.05, 0.1) is 0 Å². The van der Waals surface area contributed by atoms with E-state index in [1.54, 1.807) is 0 Å². The Morgan fingerprint density at radius 2 is 1.81 bits per heavy atom. The van der Waals surface area contributed by atoms with Crippen LogP contribution in [0.3, 0.4) is 0 Å². The molecule has 1 aliphatic rings. The molecule has 0 atom stereocenters. The van der Waals surface area contributed by atoms with Gasteiger partial charge in [-0.3, -0.25) is 0 Å². The molecule has 1 aromatic carbocycles. The molecule has 1 aliphatic carbocycles. The van der Waals surface area contributed by atoms with Gasteiger partial charge < -0.3 is 0 Å². The summed E-state index contributed by atoms with van der Waals surface area (Å²) in [4.78, 5) is 0. The van der Waals surface area contributed by atoms with Crippen LogP contribution >= 0.6 is 11.6 Å². The van der Waals surface area contributed by atoms with E-state index < -0.39 is 0 Å². The molecule has 16 heavy (non-hydrogen) atoms. The SMILES string of the molecule is CCC1CCC(Cc2cccc(Cl)c2)CC1. The van der Waals surface area contributed by atoms with Crippen LogP contribution in [0.1, 0.15) is 44.6 Å². The van der Waals surface area contributed by atoms with Gasteiger partial charge in [0.15, 0.2) is 0 Å². The van der Waals surface area contributed by atoms with Crippen molar-refractivity contribution in [2.24, 2.45) is 11.8 Å². The first-order chi connectivity index (χ1) is 7.78.